The number of hydrogen-bond acceptors (Lipinski definition) is 3. The number of thiophene rings is 1. The number of aryl methyl sites for hydroxylation is 2. The van der Waals surface area contributed by atoms with E-state index in [0.29, 0.717) is 5.75 Å². The molecule has 0 saturated heterocycles. The Balaban J connectivity index is 2.00. The third-order valence-corrected chi connectivity index (χ3v) is 5.03. The summed E-state index contributed by atoms with van der Waals surface area (Å²) in [6.45, 7) is 4.05. The van der Waals surface area contributed by atoms with Gasteiger partial charge < -0.3 is 0 Å². The molecule has 1 heterocycles. The zero-order valence-electron chi connectivity index (χ0n) is 10.2. The first-order chi connectivity index (χ1) is 8.56. The predicted octanol–water partition coefficient (Wildman–Crippen LogP) is 5.10. The summed E-state index contributed by atoms with van der Waals surface area (Å²) >= 11 is 6.67. The van der Waals surface area contributed by atoms with Crippen molar-refractivity contribution in [3.05, 3.63) is 50.1 Å². The molecular formula is C14H13BrOS2. The van der Waals surface area contributed by atoms with Gasteiger partial charge in [0.25, 0.3) is 0 Å². The van der Waals surface area contributed by atoms with Crippen LogP contribution in [0.2, 0.25) is 0 Å². The maximum absolute atomic E-state index is 12.1. The highest BCUT2D eigenvalue weighted by Crippen LogP contribution is 2.25. The van der Waals surface area contributed by atoms with E-state index in [9.17, 15) is 4.79 Å². The molecule has 0 saturated carbocycles. The summed E-state index contributed by atoms with van der Waals surface area (Å²) in [6.07, 6.45) is 0. The zero-order chi connectivity index (χ0) is 13.1. The fourth-order valence-electron chi connectivity index (χ4n) is 1.67. The minimum Gasteiger partial charge on any atom is -0.293 e. The second-order valence-electron chi connectivity index (χ2n) is 3.99. The highest BCUT2D eigenvalue weighted by atomic mass is 79.9. The number of carbonyl (C=O) groups excluding carboxylic acids is 1. The maximum Gasteiger partial charge on any atom is 0.174 e. The summed E-state index contributed by atoms with van der Waals surface area (Å²) in [5, 5.41) is 0. The van der Waals surface area contributed by atoms with Gasteiger partial charge in [-0.15, -0.1) is 23.1 Å². The fourth-order valence-corrected chi connectivity index (χ4v) is 3.65. The summed E-state index contributed by atoms with van der Waals surface area (Å²) in [4.78, 5) is 15.5. The van der Waals surface area contributed by atoms with Crippen molar-refractivity contribution in [3.8, 4) is 0 Å². The van der Waals surface area contributed by atoms with Gasteiger partial charge in [-0.25, -0.2) is 0 Å². The lowest BCUT2D eigenvalue weighted by Gasteiger charge is -2.01. The number of Topliss-reactive ketones (excluding diaryl/α,β-unsaturated/α-hetero) is 1. The lowest BCUT2D eigenvalue weighted by molar-refractivity contribution is 0.102. The molecule has 2 rings (SSSR count). The van der Waals surface area contributed by atoms with Crippen molar-refractivity contribution in [2.24, 2.45) is 0 Å². The molecule has 0 radical (unpaired) electrons. The van der Waals surface area contributed by atoms with Crippen molar-refractivity contribution < 1.29 is 4.79 Å². The number of hydrogen-bond donors (Lipinski definition) is 0. The molecule has 18 heavy (non-hydrogen) atoms. The molecule has 0 aliphatic heterocycles. The third kappa shape index (κ3) is 3.46. The van der Waals surface area contributed by atoms with Crippen LogP contribution < -0.4 is 0 Å². The molecule has 0 bridgehead atoms. The van der Waals surface area contributed by atoms with Crippen LogP contribution in [0.1, 0.15) is 20.1 Å². The Kier molecular flexibility index (Phi) is 4.65. The average Bonchev–Trinajstić information content (AvgIpc) is 2.67. The van der Waals surface area contributed by atoms with Crippen molar-refractivity contribution >= 4 is 44.8 Å². The van der Waals surface area contributed by atoms with E-state index in [4.69, 9.17) is 0 Å². The molecule has 4 heteroatoms. The van der Waals surface area contributed by atoms with Crippen LogP contribution in [0, 0.1) is 13.8 Å². The van der Waals surface area contributed by atoms with Crippen LogP contribution in [0.5, 0.6) is 0 Å². The van der Waals surface area contributed by atoms with E-state index in [1.165, 1.54) is 4.88 Å². The first kappa shape index (κ1) is 13.8. The third-order valence-electron chi connectivity index (χ3n) is 2.52. The molecule has 0 N–H and O–H groups in total. The second-order valence-corrected chi connectivity index (χ2v) is 7.42. The van der Waals surface area contributed by atoms with Crippen LogP contribution in [-0.2, 0) is 0 Å². The summed E-state index contributed by atoms with van der Waals surface area (Å²) < 4.78 is 1.06. The maximum atomic E-state index is 12.1. The van der Waals surface area contributed by atoms with Crippen LogP contribution >= 0.6 is 39.0 Å². The standard InChI is InChI=1S/C14H13BrOS2/c1-9-7-13(10(2)18-9)14(16)8-17-12-5-3-11(15)4-6-12/h3-7H,8H2,1-2H3. The highest BCUT2D eigenvalue weighted by molar-refractivity contribution is 9.10. The summed E-state index contributed by atoms with van der Waals surface area (Å²) in [5.74, 6) is 0.711. The first-order valence-corrected chi connectivity index (χ1v) is 8.14. The van der Waals surface area contributed by atoms with Crippen molar-refractivity contribution in [3.63, 3.8) is 0 Å². The van der Waals surface area contributed by atoms with Gasteiger partial charge in [-0.1, -0.05) is 15.9 Å². The molecule has 0 unspecified atom stereocenters. The zero-order valence-corrected chi connectivity index (χ0v) is 13.4. The largest absolute Gasteiger partial charge is 0.293 e. The van der Waals surface area contributed by atoms with Gasteiger partial charge in [0, 0.05) is 24.7 Å². The van der Waals surface area contributed by atoms with E-state index in [2.05, 4.69) is 15.9 Å². The molecule has 0 atom stereocenters. The van der Waals surface area contributed by atoms with E-state index in [-0.39, 0.29) is 5.78 Å². The van der Waals surface area contributed by atoms with Crippen molar-refractivity contribution in [2.75, 3.05) is 5.75 Å². The molecule has 0 spiro atoms. The smallest absolute Gasteiger partial charge is 0.174 e. The van der Waals surface area contributed by atoms with E-state index < -0.39 is 0 Å². The normalized spacial score (nSPS) is 10.6. The molecule has 2 aromatic rings. The van der Waals surface area contributed by atoms with E-state index >= 15 is 0 Å². The Morgan fingerprint density at radius 2 is 1.94 bits per heavy atom. The van der Waals surface area contributed by atoms with E-state index in [1.54, 1.807) is 23.1 Å². The first-order valence-electron chi connectivity index (χ1n) is 5.55. The van der Waals surface area contributed by atoms with Crippen molar-refractivity contribution in [1.82, 2.24) is 0 Å². The molecule has 94 valence electrons. The van der Waals surface area contributed by atoms with Crippen LogP contribution in [0.3, 0.4) is 0 Å². The SMILES string of the molecule is Cc1cc(C(=O)CSc2ccc(Br)cc2)c(C)s1. The lowest BCUT2D eigenvalue weighted by atomic mass is 10.2. The van der Waals surface area contributed by atoms with Gasteiger partial charge in [-0.3, -0.25) is 4.79 Å². The average molecular weight is 341 g/mol. The van der Waals surface area contributed by atoms with E-state index in [1.807, 2.05) is 44.2 Å². The Bertz CT molecular complexity index is 558. The van der Waals surface area contributed by atoms with Gasteiger partial charge in [0.15, 0.2) is 5.78 Å². The highest BCUT2D eigenvalue weighted by Gasteiger charge is 2.12. The predicted molar refractivity (Wildman–Crippen MR) is 83.0 cm³/mol. The quantitative estimate of drug-likeness (QED) is 0.568. The number of rotatable bonds is 4. The molecular weight excluding hydrogens is 328 g/mol. The molecule has 1 nitrogen and oxygen atoms in total. The number of benzene rings is 1. The molecule has 0 amide bonds. The second kappa shape index (κ2) is 6.04. The van der Waals surface area contributed by atoms with Gasteiger partial charge in [-0.2, -0.15) is 0 Å². The Morgan fingerprint density at radius 1 is 1.28 bits per heavy atom. The Hall–Kier alpha value is -0.580. The summed E-state index contributed by atoms with van der Waals surface area (Å²) in [6, 6.07) is 10.0. The van der Waals surface area contributed by atoms with E-state index in [0.717, 1.165) is 19.8 Å². The monoisotopic (exact) mass is 340 g/mol. The minimum absolute atomic E-state index is 0.213. The number of thioether (sulfide) groups is 1. The van der Waals surface area contributed by atoms with Gasteiger partial charge in [0.05, 0.1) is 5.75 Å². The van der Waals surface area contributed by atoms with Crippen LogP contribution in [0.25, 0.3) is 0 Å². The summed E-state index contributed by atoms with van der Waals surface area (Å²) in [5.41, 5.74) is 0.877. The van der Waals surface area contributed by atoms with Gasteiger partial charge in [0.2, 0.25) is 0 Å². The van der Waals surface area contributed by atoms with Crippen LogP contribution in [0.4, 0.5) is 0 Å². The van der Waals surface area contributed by atoms with Gasteiger partial charge in [-0.05, 0) is 44.2 Å². The Morgan fingerprint density at radius 3 is 2.50 bits per heavy atom. The van der Waals surface area contributed by atoms with Gasteiger partial charge in [0.1, 0.15) is 0 Å². The fraction of sp³-hybridized carbons (Fsp3) is 0.214. The van der Waals surface area contributed by atoms with Gasteiger partial charge >= 0.3 is 0 Å². The molecule has 1 aromatic carbocycles. The Labute approximate surface area is 124 Å². The molecule has 1 aromatic heterocycles. The lowest BCUT2D eigenvalue weighted by Crippen LogP contribution is -2.02. The van der Waals surface area contributed by atoms with Crippen LogP contribution in [0.15, 0.2) is 39.7 Å². The molecule has 0 fully saturated rings. The topological polar surface area (TPSA) is 17.1 Å². The minimum atomic E-state index is 0.213. The summed E-state index contributed by atoms with van der Waals surface area (Å²) in [7, 11) is 0. The number of ketones is 1. The van der Waals surface area contributed by atoms with Crippen LogP contribution in [-0.4, -0.2) is 11.5 Å². The van der Waals surface area contributed by atoms with Crippen molar-refractivity contribution in [2.45, 2.75) is 18.7 Å². The number of halogens is 1. The molecule has 0 aliphatic carbocycles. The number of carbonyl (C=O) groups is 1. The van der Waals surface area contributed by atoms with Crippen molar-refractivity contribution in [1.29, 1.82) is 0 Å². The molecule has 0 aliphatic rings.